The summed E-state index contributed by atoms with van der Waals surface area (Å²) in [6.45, 7) is 2.52. The Balaban J connectivity index is 1.94. The van der Waals surface area contributed by atoms with E-state index in [0.29, 0.717) is 26.9 Å². The van der Waals surface area contributed by atoms with Crippen molar-refractivity contribution in [1.29, 1.82) is 0 Å². The molecule has 2 aromatic carbocycles. The van der Waals surface area contributed by atoms with Gasteiger partial charge in [-0.1, -0.05) is 6.92 Å². The number of benzene rings is 2. The molecule has 1 N–H and O–H groups in total. The highest BCUT2D eigenvalue weighted by molar-refractivity contribution is 9.11. The average molecular weight is 566 g/mol. The third kappa shape index (κ3) is 4.91. The van der Waals surface area contributed by atoms with Gasteiger partial charge in [-0.2, -0.15) is 0 Å². The molecule has 4 amide bonds. The Morgan fingerprint density at radius 2 is 1.72 bits per heavy atom. The van der Waals surface area contributed by atoms with E-state index in [1.165, 1.54) is 37.5 Å². The van der Waals surface area contributed by atoms with E-state index in [0.717, 1.165) is 11.3 Å². The highest BCUT2D eigenvalue weighted by Crippen LogP contribution is 2.36. The van der Waals surface area contributed by atoms with Gasteiger partial charge in [0.2, 0.25) is 0 Å². The predicted molar refractivity (Wildman–Crippen MR) is 124 cm³/mol. The number of nitrogens with zero attached hydrogens (tertiary/aromatic N) is 1. The van der Waals surface area contributed by atoms with Gasteiger partial charge >= 0.3 is 12.0 Å². The number of halogens is 2. The molecule has 0 unspecified atom stereocenters. The van der Waals surface area contributed by atoms with E-state index < -0.39 is 23.8 Å². The van der Waals surface area contributed by atoms with Crippen molar-refractivity contribution in [1.82, 2.24) is 5.32 Å². The van der Waals surface area contributed by atoms with Crippen molar-refractivity contribution in [2.75, 3.05) is 18.6 Å². The van der Waals surface area contributed by atoms with Crippen LogP contribution in [0.1, 0.15) is 29.3 Å². The van der Waals surface area contributed by atoms with Crippen LogP contribution in [-0.2, 0) is 14.3 Å². The molecule has 0 aromatic heterocycles. The van der Waals surface area contributed by atoms with Crippen LogP contribution < -0.4 is 15.0 Å². The summed E-state index contributed by atoms with van der Waals surface area (Å²) in [5.41, 5.74) is 0.779. The van der Waals surface area contributed by atoms with E-state index in [1.54, 1.807) is 12.1 Å². The smallest absolute Gasteiger partial charge is 0.337 e. The Hall–Kier alpha value is -2.98. The molecule has 0 saturated carbocycles. The van der Waals surface area contributed by atoms with Crippen molar-refractivity contribution in [3.8, 4) is 5.75 Å². The first-order valence-electron chi connectivity index (χ1n) is 9.48. The van der Waals surface area contributed by atoms with Crippen LogP contribution in [0.3, 0.4) is 0 Å². The van der Waals surface area contributed by atoms with E-state index in [9.17, 15) is 19.2 Å². The fraction of sp³-hybridized carbons (Fsp3) is 0.182. The molecule has 32 heavy (non-hydrogen) atoms. The van der Waals surface area contributed by atoms with Crippen LogP contribution in [0.5, 0.6) is 5.75 Å². The molecule has 166 valence electrons. The molecule has 0 radical (unpaired) electrons. The number of barbiturate groups is 1. The standard InChI is InChI=1S/C22H18Br2N2O6/c1-3-8-32-18-16(23)10-12(11-17(18)24)9-15-19(27)25-22(30)26(20(15)28)14-6-4-13(5-7-14)21(29)31-2/h4-7,9-11H,3,8H2,1-2H3,(H,25,27,30)/b15-9+. The number of urea groups is 1. The first-order chi connectivity index (χ1) is 15.3. The van der Waals surface area contributed by atoms with Crippen molar-refractivity contribution < 1.29 is 28.7 Å². The lowest BCUT2D eigenvalue weighted by Gasteiger charge is -2.26. The molecule has 0 bridgehead atoms. The first kappa shape index (κ1) is 23.7. The van der Waals surface area contributed by atoms with Gasteiger partial charge in [-0.3, -0.25) is 14.9 Å². The number of nitrogens with one attached hydrogen (secondary N) is 1. The Morgan fingerprint density at radius 3 is 2.28 bits per heavy atom. The van der Waals surface area contributed by atoms with Crippen LogP contribution in [0.2, 0.25) is 0 Å². The van der Waals surface area contributed by atoms with Crippen LogP contribution in [0, 0.1) is 0 Å². The Labute approximate surface area is 200 Å². The maximum absolute atomic E-state index is 13.0. The minimum Gasteiger partial charge on any atom is -0.491 e. The second kappa shape index (κ2) is 10.1. The van der Waals surface area contributed by atoms with Gasteiger partial charge in [0.25, 0.3) is 11.8 Å². The Bertz CT molecular complexity index is 1100. The highest BCUT2D eigenvalue weighted by atomic mass is 79.9. The topological polar surface area (TPSA) is 102 Å². The van der Waals surface area contributed by atoms with Crippen molar-refractivity contribution in [2.24, 2.45) is 0 Å². The van der Waals surface area contributed by atoms with Gasteiger partial charge in [-0.05, 0) is 86.3 Å². The molecule has 1 heterocycles. The third-order valence-electron chi connectivity index (χ3n) is 4.43. The van der Waals surface area contributed by atoms with Crippen LogP contribution >= 0.6 is 31.9 Å². The fourth-order valence-corrected chi connectivity index (χ4v) is 4.38. The summed E-state index contributed by atoms with van der Waals surface area (Å²) in [5.74, 6) is -1.54. The molecule has 1 saturated heterocycles. The van der Waals surface area contributed by atoms with E-state index >= 15 is 0 Å². The Morgan fingerprint density at radius 1 is 1.09 bits per heavy atom. The minimum atomic E-state index is -0.881. The molecular formula is C22H18Br2N2O6. The van der Waals surface area contributed by atoms with Crippen LogP contribution in [0.15, 0.2) is 50.9 Å². The molecular weight excluding hydrogens is 548 g/mol. The van der Waals surface area contributed by atoms with E-state index in [2.05, 4.69) is 41.9 Å². The molecule has 3 rings (SSSR count). The molecule has 0 spiro atoms. The number of esters is 1. The van der Waals surface area contributed by atoms with Gasteiger partial charge in [0.05, 0.1) is 33.9 Å². The first-order valence-corrected chi connectivity index (χ1v) is 11.1. The summed E-state index contributed by atoms with van der Waals surface area (Å²) in [7, 11) is 1.25. The number of imide groups is 2. The van der Waals surface area contributed by atoms with Crippen molar-refractivity contribution in [3.05, 3.63) is 62.0 Å². The number of hydrogen-bond donors (Lipinski definition) is 1. The zero-order valence-electron chi connectivity index (χ0n) is 17.1. The second-order valence-electron chi connectivity index (χ2n) is 6.66. The normalized spacial score (nSPS) is 15.1. The SMILES string of the molecule is CCCOc1c(Br)cc(/C=C2\C(=O)NC(=O)N(c3ccc(C(=O)OC)cc3)C2=O)cc1Br. The van der Waals surface area contributed by atoms with E-state index in [1.807, 2.05) is 6.92 Å². The van der Waals surface area contributed by atoms with Gasteiger partial charge in [-0.15, -0.1) is 0 Å². The molecule has 1 aliphatic rings. The van der Waals surface area contributed by atoms with Gasteiger partial charge in [-0.25, -0.2) is 14.5 Å². The van der Waals surface area contributed by atoms with Crippen LogP contribution in [-0.4, -0.2) is 37.5 Å². The maximum Gasteiger partial charge on any atom is 0.337 e. The van der Waals surface area contributed by atoms with Crippen molar-refractivity contribution in [3.63, 3.8) is 0 Å². The number of ether oxygens (including phenoxy) is 2. The number of hydrogen-bond acceptors (Lipinski definition) is 6. The lowest BCUT2D eigenvalue weighted by molar-refractivity contribution is -0.122. The quantitative estimate of drug-likeness (QED) is 0.315. The average Bonchev–Trinajstić information content (AvgIpc) is 2.76. The fourth-order valence-electron chi connectivity index (χ4n) is 2.93. The van der Waals surface area contributed by atoms with Gasteiger partial charge in [0.1, 0.15) is 11.3 Å². The largest absolute Gasteiger partial charge is 0.491 e. The van der Waals surface area contributed by atoms with Crippen LogP contribution in [0.25, 0.3) is 6.08 Å². The predicted octanol–water partition coefficient (Wildman–Crippen LogP) is 4.45. The number of carbonyl (C=O) groups is 4. The molecule has 0 aliphatic carbocycles. The Kier molecular flexibility index (Phi) is 7.47. The monoisotopic (exact) mass is 564 g/mol. The number of rotatable bonds is 6. The summed E-state index contributed by atoms with van der Waals surface area (Å²) in [6, 6.07) is 8.21. The number of carbonyl (C=O) groups excluding carboxylic acids is 4. The summed E-state index contributed by atoms with van der Waals surface area (Å²) < 4.78 is 11.6. The number of methoxy groups -OCH3 is 1. The summed E-state index contributed by atoms with van der Waals surface area (Å²) in [4.78, 5) is 50.2. The van der Waals surface area contributed by atoms with Crippen molar-refractivity contribution in [2.45, 2.75) is 13.3 Å². The van der Waals surface area contributed by atoms with Crippen LogP contribution in [0.4, 0.5) is 10.5 Å². The zero-order valence-corrected chi connectivity index (χ0v) is 20.3. The lowest BCUT2D eigenvalue weighted by Crippen LogP contribution is -2.54. The molecule has 10 heteroatoms. The number of anilines is 1. The molecule has 0 atom stereocenters. The molecule has 2 aromatic rings. The van der Waals surface area contributed by atoms with Crippen molar-refractivity contribution >= 4 is 67.4 Å². The molecule has 1 fully saturated rings. The summed E-state index contributed by atoms with van der Waals surface area (Å²) in [6.07, 6.45) is 2.23. The van der Waals surface area contributed by atoms with Gasteiger partial charge in [0, 0.05) is 0 Å². The molecule has 8 nitrogen and oxygen atoms in total. The summed E-state index contributed by atoms with van der Waals surface area (Å²) >= 11 is 6.87. The summed E-state index contributed by atoms with van der Waals surface area (Å²) in [5, 5.41) is 2.16. The zero-order chi connectivity index (χ0) is 23.4. The lowest BCUT2D eigenvalue weighted by atomic mass is 10.1. The second-order valence-corrected chi connectivity index (χ2v) is 8.37. The van der Waals surface area contributed by atoms with E-state index in [-0.39, 0.29) is 16.8 Å². The molecule has 1 aliphatic heterocycles. The number of amides is 4. The maximum atomic E-state index is 13.0. The van der Waals surface area contributed by atoms with E-state index in [4.69, 9.17) is 4.74 Å². The van der Waals surface area contributed by atoms with Gasteiger partial charge < -0.3 is 9.47 Å². The highest BCUT2D eigenvalue weighted by Gasteiger charge is 2.37. The minimum absolute atomic E-state index is 0.198. The van der Waals surface area contributed by atoms with Gasteiger partial charge in [0.15, 0.2) is 0 Å². The third-order valence-corrected chi connectivity index (χ3v) is 5.61.